The molecule has 24 heavy (non-hydrogen) atoms. The van der Waals surface area contributed by atoms with Crippen molar-refractivity contribution in [2.24, 2.45) is 10.9 Å². The lowest BCUT2D eigenvalue weighted by Gasteiger charge is -2.32. The predicted molar refractivity (Wildman–Crippen MR) is 86.3 cm³/mol. The number of anilines is 1. The highest BCUT2D eigenvalue weighted by molar-refractivity contribution is 5.95. The van der Waals surface area contributed by atoms with Crippen LogP contribution in [-0.2, 0) is 4.79 Å². The van der Waals surface area contributed by atoms with E-state index in [9.17, 15) is 18.0 Å². The molecule has 0 spiro atoms. The van der Waals surface area contributed by atoms with Crippen LogP contribution in [0.4, 0.5) is 18.9 Å². The second-order valence-electron chi connectivity index (χ2n) is 5.84. The Kier molecular flexibility index (Phi) is 6.05. The third-order valence-corrected chi connectivity index (χ3v) is 4.01. The Bertz CT molecular complexity index is 628. The van der Waals surface area contributed by atoms with Gasteiger partial charge in [-0.25, -0.2) is 13.2 Å². The Morgan fingerprint density at radius 3 is 2.54 bits per heavy atom. The number of benzene rings is 1. The maximum atomic E-state index is 13.5. The number of carbonyl (C=O) groups excluding carboxylic acids is 1. The fourth-order valence-corrected chi connectivity index (χ4v) is 2.53. The standard InChI is InChI=1S/C16H21F3N4O/c1-10-5-7-23(8-6-10)16(20-2)21-9-13(24)22-12-4-3-11(17)14(18)15(12)19/h3-4,10H,5-9H2,1-2H3,(H,20,21)(H,22,24). The second kappa shape index (κ2) is 8.03. The molecule has 132 valence electrons. The van der Waals surface area contributed by atoms with Crippen LogP contribution in [0.5, 0.6) is 0 Å². The highest BCUT2D eigenvalue weighted by Crippen LogP contribution is 2.19. The van der Waals surface area contributed by atoms with Crippen molar-refractivity contribution in [1.82, 2.24) is 10.2 Å². The van der Waals surface area contributed by atoms with Crippen LogP contribution in [0.25, 0.3) is 0 Å². The van der Waals surface area contributed by atoms with Gasteiger partial charge < -0.3 is 15.5 Å². The van der Waals surface area contributed by atoms with E-state index in [1.807, 2.05) is 4.90 Å². The Hall–Kier alpha value is -2.25. The number of guanidine groups is 1. The molecular weight excluding hydrogens is 321 g/mol. The molecule has 0 unspecified atom stereocenters. The van der Waals surface area contributed by atoms with Gasteiger partial charge in [0, 0.05) is 20.1 Å². The van der Waals surface area contributed by atoms with Crippen molar-refractivity contribution >= 4 is 17.6 Å². The molecule has 1 aromatic carbocycles. The van der Waals surface area contributed by atoms with Crippen molar-refractivity contribution in [3.63, 3.8) is 0 Å². The zero-order chi connectivity index (χ0) is 17.7. The third-order valence-electron chi connectivity index (χ3n) is 4.01. The topological polar surface area (TPSA) is 56.7 Å². The molecule has 1 aliphatic rings. The van der Waals surface area contributed by atoms with Gasteiger partial charge in [0.1, 0.15) is 0 Å². The van der Waals surface area contributed by atoms with Gasteiger partial charge >= 0.3 is 0 Å². The first-order valence-electron chi connectivity index (χ1n) is 7.81. The van der Waals surface area contributed by atoms with Gasteiger partial charge in [-0.2, -0.15) is 0 Å². The molecule has 1 fully saturated rings. The van der Waals surface area contributed by atoms with Crippen LogP contribution in [0.15, 0.2) is 17.1 Å². The summed E-state index contributed by atoms with van der Waals surface area (Å²) in [6, 6.07) is 1.74. The first kappa shape index (κ1) is 18.1. The molecule has 0 bridgehead atoms. The molecule has 0 radical (unpaired) electrons. The fourth-order valence-electron chi connectivity index (χ4n) is 2.53. The number of nitrogens with one attached hydrogen (secondary N) is 2. The summed E-state index contributed by atoms with van der Waals surface area (Å²) in [5.41, 5.74) is -0.400. The quantitative estimate of drug-likeness (QED) is 0.504. The lowest BCUT2D eigenvalue weighted by Crippen LogP contribution is -2.47. The number of hydrogen-bond acceptors (Lipinski definition) is 2. The van der Waals surface area contributed by atoms with E-state index in [4.69, 9.17) is 0 Å². The number of hydrogen-bond donors (Lipinski definition) is 2. The normalized spacial score (nSPS) is 16.2. The van der Waals surface area contributed by atoms with Crippen molar-refractivity contribution in [3.8, 4) is 0 Å². The number of nitrogens with zero attached hydrogens (tertiary/aromatic N) is 2. The number of aliphatic imine (C=N–C) groups is 1. The van der Waals surface area contributed by atoms with E-state index in [0.717, 1.165) is 38.1 Å². The second-order valence-corrected chi connectivity index (χ2v) is 5.84. The molecular formula is C16H21F3N4O. The van der Waals surface area contributed by atoms with Gasteiger partial charge in [-0.1, -0.05) is 6.92 Å². The van der Waals surface area contributed by atoms with Crippen molar-refractivity contribution in [1.29, 1.82) is 0 Å². The molecule has 1 saturated heterocycles. The highest BCUT2D eigenvalue weighted by atomic mass is 19.2. The zero-order valence-corrected chi connectivity index (χ0v) is 13.7. The molecule has 5 nitrogen and oxygen atoms in total. The van der Waals surface area contributed by atoms with Crippen LogP contribution in [0, 0.1) is 23.4 Å². The van der Waals surface area contributed by atoms with Crippen LogP contribution in [0.2, 0.25) is 0 Å². The number of likely N-dealkylation sites (tertiary alicyclic amines) is 1. The molecule has 0 aromatic heterocycles. The summed E-state index contributed by atoms with van der Waals surface area (Å²) in [4.78, 5) is 18.1. The lowest BCUT2D eigenvalue weighted by molar-refractivity contribution is -0.115. The van der Waals surface area contributed by atoms with E-state index in [1.54, 1.807) is 7.05 Å². The van der Waals surface area contributed by atoms with Crippen LogP contribution in [0.3, 0.4) is 0 Å². The van der Waals surface area contributed by atoms with E-state index in [2.05, 4.69) is 22.5 Å². The average Bonchev–Trinajstić information content (AvgIpc) is 2.57. The molecule has 1 aliphatic heterocycles. The lowest BCUT2D eigenvalue weighted by atomic mass is 10.00. The van der Waals surface area contributed by atoms with Crippen LogP contribution < -0.4 is 10.6 Å². The Morgan fingerprint density at radius 1 is 1.25 bits per heavy atom. The molecule has 1 aromatic rings. The first-order valence-corrected chi connectivity index (χ1v) is 7.81. The maximum absolute atomic E-state index is 13.5. The largest absolute Gasteiger partial charge is 0.347 e. The number of rotatable bonds is 3. The van der Waals surface area contributed by atoms with Gasteiger partial charge in [0.05, 0.1) is 12.2 Å². The molecule has 1 amide bonds. The Labute approximate surface area is 138 Å². The molecule has 0 aliphatic carbocycles. The molecule has 2 N–H and O–H groups in total. The summed E-state index contributed by atoms with van der Waals surface area (Å²) in [6.07, 6.45) is 2.10. The third kappa shape index (κ3) is 4.39. The van der Waals surface area contributed by atoms with E-state index < -0.39 is 29.0 Å². The minimum Gasteiger partial charge on any atom is -0.347 e. The summed E-state index contributed by atoms with van der Waals surface area (Å²) in [7, 11) is 1.62. The van der Waals surface area contributed by atoms with E-state index >= 15 is 0 Å². The maximum Gasteiger partial charge on any atom is 0.243 e. The van der Waals surface area contributed by atoms with Gasteiger partial charge in [-0.15, -0.1) is 0 Å². The van der Waals surface area contributed by atoms with Crippen molar-refractivity contribution in [2.45, 2.75) is 19.8 Å². The molecule has 8 heteroatoms. The minimum atomic E-state index is -1.61. The van der Waals surface area contributed by atoms with E-state index in [0.29, 0.717) is 11.9 Å². The Balaban J connectivity index is 1.89. The van der Waals surface area contributed by atoms with Crippen molar-refractivity contribution in [2.75, 3.05) is 32.0 Å². The summed E-state index contributed by atoms with van der Waals surface area (Å²) in [6.45, 7) is 3.73. The summed E-state index contributed by atoms with van der Waals surface area (Å²) in [5, 5.41) is 5.10. The smallest absolute Gasteiger partial charge is 0.243 e. The number of amides is 1. The van der Waals surface area contributed by atoms with Crippen molar-refractivity contribution < 1.29 is 18.0 Å². The monoisotopic (exact) mass is 342 g/mol. The molecule has 0 atom stereocenters. The van der Waals surface area contributed by atoms with Gasteiger partial charge in [0.15, 0.2) is 23.4 Å². The van der Waals surface area contributed by atoms with E-state index in [-0.39, 0.29) is 6.54 Å². The molecule has 0 saturated carbocycles. The first-order chi connectivity index (χ1) is 11.4. The van der Waals surface area contributed by atoms with Gasteiger partial charge in [0.2, 0.25) is 5.91 Å². The minimum absolute atomic E-state index is 0.156. The zero-order valence-electron chi connectivity index (χ0n) is 13.7. The van der Waals surface area contributed by atoms with Crippen LogP contribution in [0.1, 0.15) is 19.8 Å². The molecule has 2 rings (SSSR count). The highest BCUT2D eigenvalue weighted by Gasteiger charge is 2.19. The van der Waals surface area contributed by atoms with Gasteiger partial charge in [0.25, 0.3) is 0 Å². The summed E-state index contributed by atoms with van der Waals surface area (Å²) in [5.74, 6) is -3.66. The fraction of sp³-hybridized carbons (Fsp3) is 0.500. The number of piperidine rings is 1. The summed E-state index contributed by atoms with van der Waals surface area (Å²) >= 11 is 0. The van der Waals surface area contributed by atoms with Crippen molar-refractivity contribution in [3.05, 3.63) is 29.6 Å². The number of halogens is 3. The predicted octanol–water partition coefficient (Wildman–Crippen LogP) is 2.35. The van der Waals surface area contributed by atoms with Crippen LogP contribution >= 0.6 is 0 Å². The SMILES string of the molecule is CN=C(NCC(=O)Nc1ccc(F)c(F)c1F)N1CCC(C)CC1. The van der Waals surface area contributed by atoms with Gasteiger partial charge in [-0.05, 0) is 30.9 Å². The van der Waals surface area contributed by atoms with Crippen LogP contribution in [-0.4, -0.2) is 43.4 Å². The Morgan fingerprint density at radius 2 is 1.92 bits per heavy atom. The number of carbonyl (C=O) groups is 1. The average molecular weight is 342 g/mol. The summed E-state index contributed by atoms with van der Waals surface area (Å²) < 4.78 is 39.5. The van der Waals surface area contributed by atoms with Gasteiger partial charge in [-0.3, -0.25) is 9.79 Å². The van der Waals surface area contributed by atoms with E-state index in [1.165, 1.54) is 0 Å². The molecule has 1 heterocycles.